The lowest BCUT2D eigenvalue weighted by Gasteiger charge is -2.26. The number of hydrogen-bond donors (Lipinski definition) is 2. The molecule has 0 spiro atoms. The van der Waals surface area contributed by atoms with Crippen molar-refractivity contribution in [1.29, 1.82) is 0 Å². The van der Waals surface area contributed by atoms with E-state index in [0.717, 1.165) is 44.1 Å². The second-order valence-electron chi connectivity index (χ2n) is 5.51. The van der Waals surface area contributed by atoms with Crippen molar-refractivity contribution in [2.24, 2.45) is 0 Å². The van der Waals surface area contributed by atoms with Crippen molar-refractivity contribution in [2.75, 3.05) is 40.3 Å². The van der Waals surface area contributed by atoms with E-state index in [2.05, 4.69) is 39.2 Å². The molecule has 1 aromatic rings. The zero-order valence-electron chi connectivity index (χ0n) is 12.6. The number of nitrogens with one attached hydrogen (secondary N) is 2. The lowest BCUT2D eigenvalue weighted by Crippen LogP contribution is -2.33. The molecule has 1 fully saturated rings. The maximum absolute atomic E-state index is 11.8. The van der Waals surface area contributed by atoms with E-state index >= 15 is 0 Å². The minimum Gasteiger partial charge on any atom is -0.311 e. The zero-order valence-corrected chi connectivity index (χ0v) is 12.6. The Bertz CT molecular complexity index is 487. The Morgan fingerprint density at radius 1 is 1.45 bits per heavy atom. The third-order valence-electron chi connectivity index (χ3n) is 3.75. The molecule has 0 aromatic carbocycles. The van der Waals surface area contributed by atoms with Crippen molar-refractivity contribution in [1.82, 2.24) is 25.1 Å². The van der Waals surface area contributed by atoms with Crippen molar-refractivity contribution in [2.45, 2.75) is 25.9 Å². The predicted molar refractivity (Wildman–Crippen MR) is 79.7 cm³/mol. The lowest BCUT2D eigenvalue weighted by atomic mass is 10.2. The van der Waals surface area contributed by atoms with Gasteiger partial charge in [-0.3, -0.25) is 9.69 Å². The van der Waals surface area contributed by atoms with Gasteiger partial charge < -0.3 is 15.2 Å². The summed E-state index contributed by atoms with van der Waals surface area (Å²) in [5, 5.41) is 3.21. The van der Waals surface area contributed by atoms with Crippen LogP contribution >= 0.6 is 0 Å². The van der Waals surface area contributed by atoms with E-state index in [1.165, 1.54) is 0 Å². The SMILES string of the molecule is CCNCc1cc(=O)[nH]c(C2CN(C)CCCN2C)n1. The first kappa shape index (κ1) is 15.2. The molecule has 2 heterocycles. The van der Waals surface area contributed by atoms with E-state index in [0.29, 0.717) is 6.54 Å². The van der Waals surface area contributed by atoms with Crippen LogP contribution in [-0.4, -0.2) is 60.0 Å². The number of hydrogen-bond acceptors (Lipinski definition) is 5. The highest BCUT2D eigenvalue weighted by Gasteiger charge is 2.24. The molecule has 0 bridgehead atoms. The summed E-state index contributed by atoms with van der Waals surface area (Å²) < 4.78 is 0. The molecule has 2 rings (SSSR count). The van der Waals surface area contributed by atoms with Crippen LogP contribution in [-0.2, 0) is 6.54 Å². The van der Waals surface area contributed by atoms with Crippen LogP contribution in [0, 0.1) is 0 Å². The normalized spacial score (nSPS) is 21.9. The maximum atomic E-state index is 11.8. The Kier molecular flexibility index (Phi) is 5.28. The number of aromatic amines is 1. The molecule has 0 radical (unpaired) electrons. The molecule has 1 atom stereocenters. The summed E-state index contributed by atoms with van der Waals surface area (Å²) in [7, 11) is 4.22. The molecule has 6 nitrogen and oxygen atoms in total. The fraction of sp³-hybridized carbons (Fsp3) is 0.714. The number of H-pyrrole nitrogens is 1. The Labute approximate surface area is 120 Å². The summed E-state index contributed by atoms with van der Waals surface area (Å²) in [6, 6.07) is 1.73. The zero-order chi connectivity index (χ0) is 14.5. The summed E-state index contributed by atoms with van der Waals surface area (Å²) in [6.45, 7) is 6.56. The molecule has 0 saturated carbocycles. The third-order valence-corrected chi connectivity index (χ3v) is 3.75. The molecule has 1 aromatic heterocycles. The fourth-order valence-electron chi connectivity index (χ4n) is 2.60. The molecule has 112 valence electrons. The second-order valence-corrected chi connectivity index (χ2v) is 5.51. The molecule has 0 amide bonds. The van der Waals surface area contributed by atoms with Gasteiger partial charge in [0.2, 0.25) is 0 Å². The highest BCUT2D eigenvalue weighted by Crippen LogP contribution is 2.19. The molecule has 2 N–H and O–H groups in total. The van der Waals surface area contributed by atoms with Crippen LogP contribution < -0.4 is 10.9 Å². The molecule has 1 unspecified atom stereocenters. The van der Waals surface area contributed by atoms with Crippen molar-refractivity contribution in [3.8, 4) is 0 Å². The summed E-state index contributed by atoms with van der Waals surface area (Å²) in [5.74, 6) is 0.779. The van der Waals surface area contributed by atoms with Crippen molar-refractivity contribution in [3.05, 3.63) is 27.9 Å². The first-order valence-electron chi connectivity index (χ1n) is 7.29. The largest absolute Gasteiger partial charge is 0.311 e. The number of rotatable bonds is 4. The smallest absolute Gasteiger partial charge is 0.251 e. The van der Waals surface area contributed by atoms with Gasteiger partial charge in [0.1, 0.15) is 5.82 Å². The lowest BCUT2D eigenvalue weighted by molar-refractivity contribution is 0.219. The van der Waals surface area contributed by atoms with Gasteiger partial charge in [-0.05, 0) is 40.2 Å². The highest BCUT2D eigenvalue weighted by molar-refractivity contribution is 5.06. The van der Waals surface area contributed by atoms with Crippen LogP contribution in [0.4, 0.5) is 0 Å². The Morgan fingerprint density at radius 2 is 2.25 bits per heavy atom. The van der Waals surface area contributed by atoms with Gasteiger partial charge in [-0.25, -0.2) is 4.98 Å². The average Bonchev–Trinajstić information content (AvgIpc) is 2.57. The molecule has 1 saturated heterocycles. The first-order valence-corrected chi connectivity index (χ1v) is 7.29. The Morgan fingerprint density at radius 3 is 3.00 bits per heavy atom. The Hall–Kier alpha value is -1.24. The third kappa shape index (κ3) is 3.88. The van der Waals surface area contributed by atoms with Gasteiger partial charge in [0.05, 0.1) is 11.7 Å². The molecule has 20 heavy (non-hydrogen) atoms. The average molecular weight is 279 g/mol. The monoisotopic (exact) mass is 279 g/mol. The van der Waals surface area contributed by atoms with E-state index in [9.17, 15) is 4.79 Å². The predicted octanol–water partition coefficient (Wildman–Crippen LogP) is 0.188. The minimum atomic E-state index is -0.0665. The van der Waals surface area contributed by atoms with Crippen LogP contribution in [0.3, 0.4) is 0 Å². The number of nitrogens with zero attached hydrogens (tertiary/aromatic N) is 3. The standard InChI is InChI=1S/C14H25N5O/c1-4-15-9-11-8-13(20)17-14(16-11)12-10-18(2)6-5-7-19(12)3/h8,12,15H,4-7,9-10H2,1-3H3,(H,16,17,20). The van der Waals surface area contributed by atoms with Gasteiger partial charge in [0, 0.05) is 19.2 Å². The number of aromatic nitrogens is 2. The van der Waals surface area contributed by atoms with Gasteiger partial charge >= 0.3 is 0 Å². The topological polar surface area (TPSA) is 64.3 Å². The van der Waals surface area contributed by atoms with Gasteiger partial charge in [-0.15, -0.1) is 0 Å². The van der Waals surface area contributed by atoms with Crippen LogP contribution in [0.5, 0.6) is 0 Å². The summed E-state index contributed by atoms with van der Waals surface area (Å²) in [4.78, 5) is 24.0. The molecular weight excluding hydrogens is 254 g/mol. The second kappa shape index (κ2) is 6.97. The van der Waals surface area contributed by atoms with Gasteiger partial charge in [-0.1, -0.05) is 6.92 Å². The van der Waals surface area contributed by atoms with E-state index in [1.54, 1.807) is 6.07 Å². The first-order chi connectivity index (χ1) is 9.60. The quantitative estimate of drug-likeness (QED) is 0.823. The highest BCUT2D eigenvalue weighted by atomic mass is 16.1. The minimum absolute atomic E-state index is 0.0665. The van der Waals surface area contributed by atoms with Crippen LogP contribution in [0.1, 0.15) is 30.9 Å². The Balaban J connectivity index is 2.25. The maximum Gasteiger partial charge on any atom is 0.251 e. The van der Waals surface area contributed by atoms with Crippen molar-refractivity contribution in [3.63, 3.8) is 0 Å². The van der Waals surface area contributed by atoms with E-state index in [-0.39, 0.29) is 11.6 Å². The van der Waals surface area contributed by atoms with Crippen LogP contribution in [0.25, 0.3) is 0 Å². The molecular formula is C14H25N5O. The molecule has 1 aliphatic rings. The summed E-state index contributed by atoms with van der Waals surface area (Å²) in [6.07, 6.45) is 1.14. The van der Waals surface area contributed by atoms with Crippen LogP contribution in [0.2, 0.25) is 0 Å². The fourth-order valence-corrected chi connectivity index (χ4v) is 2.60. The van der Waals surface area contributed by atoms with Gasteiger partial charge in [0.15, 0.2) is 0 Å². The van der Waals surface area contributed by atoms with Crippen molar-refractivity contribution >= 4 is 0 Å². The van der Waals surface area contributed by atoms with E-state index in [4.69, 9.17) is 0 Å². The number of likely N-dealkylation sites (N-methyl/N-ethyl adjacent to an activating group) is 2. The molecule has 0 aliphatic carbocycles. The summed E-state index contributed by atoms with van der Waals surface area (Å²) >= 11 is 0. The molecule has 6 heteroatoms. The molecule has 1 aliphatic heterocycles. The van der Waals surface area contributed by atoms with Crippen LogP contribution in [0.15, 0.2) is 10.9 Å². The van der Waals surface area contributed by atoms with E-state index < -0.39 is 0 Å². The van der Waals surface area contributed by atoms with Gasteiger partial charge in [-0.2, -0.15) is 0 Å². The van der Waals surface area contributed by atoms with Gasteiger partial charge in [0.25, 0.3) is 5.56 Å². The summed E-state index contributed by atoms with van der Waals surface area (Å²) in [5.41, 5.74) is 0.745. The van der Waals surface area contributed by atoms with Crippen molar-refractivity contribution < 1.29 is 0 Å². The van der Waals surface area contributed by atoms with E-state index in [1.807, 2.05) is 6.92 Å².